The molecule has 0 aliphatic carbocycles. The number of halogens is 1. The summed E-state index contributed by atoms with van der Waals surface area (Å²) in [5.41, 5.74) is 2.12. The molecule has 2 amide bonds. The van der Waals surface area contributed by atoms with Crippen molar-refractivity contribution in [1.82, 2.24) is 25.1 Å². The standard InChI is InChI=1S/C22H23N3O5.C11H8ClNO3.C9H12N2O2.2CH4/c1-3-29-22(28)18-19(15-13-14(2)6-7-16(15)23-20(18)26)24-8-10-25(11-9-24)21(27)17-5-4-12-30-17;1-5-2-3-7-6(4-5)9(12)8(11(15)16)10(14)13-7;12-9(8-2-1-7-13-8)11-5-3-10-4-6-11;;/h4-7,12-13H,3,8-11H2,1-2H3,(H,23,26);2-4H,1H3,(H,13,14)(H,15,16);1-2,7,10H,3-6H2;2*1H4. The Hall–Kier alpha value is -6.65. The van der Waals surface area contributed by atoms with Crippen molar-refractivity contribution >= 4 is 62.8 Å². The highest BCUT2D eigenvalue weighted by molar-refractivity contribution is 6.38. The largest absolute Gasteiger partial charge is 0.477 e. The van der Waals surface area contributed by atoms with E-state index in [1.165, 1.54) is 12.5 Å². The maximum Gasteiger partial charge on any atom is 0.345 e. The molecular formula is C44H51ClN6O10. The van der Waals surface area contributed by atoms with Gasteiger partial charge < -0.3 is 48.7 Å². The summed E-state index contributed by atoms with van der Waals surface area (Å²) in [4.78, 5) is 82.7. The number of hydrogen-bond donors (Lipinski definition) is 4. The second-order valence-corrected chi connectivity index (χ2v) is 14.1. The molecule has 2 saturated heterocycles. The Morgan fingerprint density at radius 3 is 1.70 bits per heavy atom. The number of hydrogen-bond acceptors (Lipinski definition) is 11. The van der Waals surface area contributed by atoms with Crippen LogP contribution >= 0.6 is 11.6 Å². The van der Waals surface area contributed by atoms with Crippen LogP contribution in [0.5, 0.6) is 0 Å². The van der Waals surface area contributed by atoms with Crippen LogP contribution in [0.2, 0.25) is 5.02 Å². The Bertz CT molecular complexity index is 2590. The zero-order valence-electron chi connectivity index (χ0n) is 32.6. The van der Waals surface area contributed by atoms with Crippen LogP contribution in [-0.4, -0.2) is 108 Å². The third kappa shape index (κ3) is 10.8. The molecule has 0 unspecified atom stereocenters. The lowest BCUT2D eigenvalue weighted by Crippen LogP contribution is -2.49. The number of carbonyl (C=O) groups is 4. The molecule has 0 radical (unpaired) electrons. The first-order valence-electron chi connectivity index (χ1n) is 18.9. The highest BCUT2D eigenvalue weighted by Gasteiger charge is 2.30. The van der Waals surface area contributed by atoms with E-state index in [9.17, 15) is 28.8 Å². The number of aromatic nitrogens is 2. The van der Waals surface area contributed by atoms with Gasteiger partial charge in [-0.15, -0.1) is 0 Å². The average molecular weight is 859 g/mol. The highest BCUT2D eigenvalue weighted by Crippen LogP contribution is 2.30. The molecule has 0 spiro atoms. The van der Waals surface area contributed by atoms with E-state index in [1.807, 2.05) is 43.0 Å². The number of esters is 1. The number of aryl methyl sites for hydroxylation is 2. The molecule has 4 N–H and O–H groups in total. The molecule has 0 bridgehead atoms. The number of fused-ring (bicyclic) bond motifs is 2. The number of benzene rings is 2. The summed E-state index contributed by atoms with van der Waals surface area (Å²) in [6.45, 7) is 10.8. The number of rotatable bonds is 6. The Labute approximate surface area is 357 Å². The van der Waals surface area contributed by atoms with Crippen molar-refractivity contribution in [2.75, 3.05) is 63.9 Å². The number of nitrogens with zero attached hydrogens (tertiary/aromatic N) is 3. The van der Waals surface area contributed by atoms with Crippen molar-refractivity contribution in [2.24, 2.45) is 0 Å². The van der Waals surface area contributed by atoms with Crippen LogP contribution in [-0.2, 0) is 4.74 Å². The molecule has 8 rings (SSSR count). The van der Waals surface area contributed by atoms with Gasteiger partial charge in [0.2, 0.25) is 0 Å². The van der Waals surface area contributed by atoms with E-state index in [-0.39, 0.29) is 43.9 Å². The molecule has 6 aromatic rings. The molecule has 16 nitrogen and oxygen atoms in total. The fourth-order valence-corrected chi connectivity index (χ4v) is 7.11. The maximum atomic E-state index is 12.8. The molecule has 17 heteroatoms. The van der Waals surface area contributed by atoms with Gasteiger partial charge in [0.15, 0.2) is 11.5 Å². The monoisotopic (exact) mass is 858 g/mol. The first kappa shape index (κ1) is 47.0. The van der Waals surface area contributed by atoms with E-state index in [4.69, 9.17) is 30.3 Å². The predicted molar refractivity (Wildman–Crippen MR) is 234 cm³/mol. The molecule has 0 atom stereocenters. The number of H-pyrrole nitrogens is 2. The topological polar surface area (TPSA) is 211 Å². The molecule has 324 valence electrons. The molecule has 2 aromatic carbocycles. The van der Waals surface area contributed by atoms with Crippen LogP contribution in [0.15, 0.2) is 91.6 Å². The quantitative estimate of drug-likeness (QED) is 0.135. The van der Waals surface area contributed by atoms with Crippen molar-refractivity contribution in [1.29, 1.82) is 0 Å². The van der Waals surface area contributed by atoms with E-state index in [2.05, 4.69) is 15.3 Å². The molecule has 61 heavy (non-hydrogen) atoms. The Balaban J connectivity index is 0.000000222. The number of pyridine rings is 2. The second kappa shape index (κ2) is 21.0. The van der Waals surface area contributed by atoms with Crippen molar-refractivity contribution < 1.29 is 37.9 Å². The molecule has 4 aromatic heterocycles. The van der Waals surface area contributed by atoms with Gasteiger partial charge in [0.05, 0.1) is 35.4 Å². The van der Waals surface area contributed by atoms with Gasteiger partial charge in [0.1, 0.15) is 11.1 Å². The van der Waals surface area contributed by atoms with Gasteiger partial charge in [0.25, 0.3) is 22.9 Å². The number of nitrogens with one attached hydrogen (secondary N) is 3. The number of amides is 2. The third-order valence-corrected chi connectivity index (χ3v) is 10.1. The van der Waals surface area contributed by atoms with E-state index in [0.29, 0.717) is 59.8 Å². The minimum Gasteiger partial charge on any atom is -0.477 e. The van der Waals surface area contributed by atoms with E-state index >= 15 is 0 Å². The van der Waals surface area contributed by atoms with Crippen LogP contribution < -0.4 is 21.3 Å². The lowest BCUT2D eigenvalue weighted by molar-refractivity contribution is 0.0523. The Morgan fingerprint density at radius 2 is 1.21 bits per heavy atom. The number of carbonyl (C=O) groups excluding carboxylic acids is 3. The van der Waals surface area contributed by atoms with Crippen LogP contribution in [0.1, 0.15) is 74.7 Å². The predicted octanol–water partition coefficient (Wildman–Crippen LogP) is 6.35. The van der Waals surface area contributed by atoms with Crippen LogP contribution in [0.3, 0.4) is 0 Å². The summed E-state index contributed by atoms with van der Waals surface area (Å²) in [5.74, 6) is -1.42. The number of aromatic carboxylic acids is 1. The summed E-state index contributed by atoms with van der Waals surface area (Å²) >= 11 is 5.91. The number of carboxylic acids is 1. The zero-order chi connectivity index (χ0) is 42.2. The summed E-state index contributed by atoms with van der Waals surface area (Å²) in [7, 11) is 0. The van der Waals surface area contributed by atoms with Crippen LogP contribution in [0, 0.1) is 13.8 Å². The number of furan rings is 2. The van der Waals surface area contributed by atoms with Gasteiger partial charge in [-0.25, -0.2) is 9.59 Å². The van der Waals surface area contributed by atoms with Gasteiger partial charge in [-0.3, -0.25) is 19.2 Å². The molecule has 2 aliphatic rings. The molecule has 6 heterocycles. The first-order valence-corrected chi connectivity index (χ1v) is 19.3. The Morgan fingerprint density at radius 1 is 0.721 bits per heavy atom. The molecule has 0 saturated carbocycles. The fraction of sp³-hybridized carbons (Fsp3) is 0.318. The van der Waals surface area contributed by atoms with Crippen LogP contribution in [0.25, 0.3) is 21.8 Å². The number of piperazine rings is 2. The molecular weight excluding hydrogens is 808 g/mol. The van der Waals surface area contributed by atoms with E-state index in [0.717, 1.165) is 42.7 Å². The van der Waals surface area contributed by atoms with Gasteiger partial charge in [-0.1, -0.05) is 49.7 Å². The third-order valence-electron chi connectivity index (χ3n) is 9.69. The van der Waals surface area contributed by atoms with E-state index in [1.54, 1.807) is 53.1 Å². The van der Waals surface area contributed by atoms with E-state index < -0.39 is 28.6 Å². The highest BCUT2D eigenvalue weighted by atomic mass is 35.5. The second-order valence-electron chi connectivity index (χ2n) is 13.7. The minimum atomic E-state index is -1.32. The first-order chi connectivity index (χ1) is 28.4. The average Bonchev–Trinajstić information content (AvgIpc) is 3.98. The SMILES string of the molecule is C.C.CCOC(=O)c1c(N2CCN(C(=O)c3ccco3)CC2)c2cc(C)ccc2[nH]c1=O.Cc1ccc2[nH]c(=O)c(C(=O)O)c(Cl)c2c1.O=C(c1ccco1)N1CCNCC1. The normalized spacial score (nSPS) is 13.5. The lowest BCUT2D eigenvalue weighted by Gasteiger charge is -2.36. The lowest BCUT2D eigenvalue weighted by atomic mass is 10.0. The summed E-state index contributed by atoms with van der Waals surface area (Å²) in [6, 6.07) is 17.7. The summed E-state index contributed by atoms with van der Waals surface area (Å²) < 4.78 is 15.4. The van der Waals surface area contributed by atoms with Crippen molar-refractivity contribution in [3.8, 4) is 0 Å². The number of anilines is 1. The number of aromatic amines is 2. The smallest absolute Gasteiger partial charge is 0.345 e. The fourth-order valence-electron chi connectivity index (χ4n) is 6.78. The van der Waals surface area contributed by atoms with Crippen LogP contribution in [0.4, 0.5) is 5.69 Å². The number of ether oxygens (including phenoxy) is 1. The maximum absolute atomic E-state index is 12.8. The summed E-state index contributed by atoms with van der Waals surface area (Å²) in [5, 5.41) is 13.4. The van der Waals surface area contributed by atoms with Gasteiger partial charge >= 0.3 is 11.9 Å². The van der Waals surface area contributed by atoms with Gasteiger partial charge in [0, 0.05) is 68.6 Å². The Kier molecular flexibility index (Phi) is 16.2. The van der Waals surface area contributed by atoms with Gasteiger partial charge in [-0.05, 0) is 69.3 Å². The summed E-state index contributed by atoms with van der Waals surface area (Å²) in [6.07, 6.45) is 3.00. The van der Waals surface area contributed by atoms with Gasteiger partial charge in [-0.2, -0.15) is 0 Å². The van der Waals surface area contributed by atoms with Crippen molar-refractivity contribution in [2.45, 2.75) is 35.6 Å². The number of carboxylic acid groups (broad SMARTS) is 1. The zero-order valence-corrected chi connectivity index (χ0v) is 33.4. The molecule has 2 fully saturated rings. The molecule has 2 aliphatic heterocycles. The van der Waals surface area contributed by atoms with Crippen molar-refractivity contribution in [3.63, 3.8) is 0 Å². The minimum absolute atomic E-state index is 0. The van der Waals surface area contributed by atoms with Crippen molar-refractivity contribution in [3.05, 3.63) is 133 Å².